The van der Waals surface area contributed by atoms with Crippen molar-refractivity contribution >= 4 is 42.4 Å². The Morgan fingerprint density at radius 1 is 0.879 bits per heavy atom. The van der Waals surface area contributed by atoms with Crippen molar-refractivity contribution in [1.82, 2.24) is 0 Å². The number of anilines is 1. The average molecular weight is 437 g/mol. The third kappa shape index (κ3) is 4.22. The number of rotatable bonds is 6. The number of carbonyl (C=O) groups excluding carboxylic acids is 4. The van der Waals surface area contributed by atoms with Gasteiger partial charge < -0.3 is 4.74 Å². The molecule has 1 aliphatic heterocycles. The van der Waals surface area contributed by atoms with Crippen LogP contribution in [0.5, 0.6) is 0 Å². The topological polar surface area (TPSA) is 80.8 Å². The highest BCUT2D eigenvalue weighted by molar-refractivity contribution is 6.49. The first-order valence-corrected chi connectivity index (χ1v) is 10.5. The highest BCUT2D eigenvalue weighted by atomic mass is 16.5. The van der Waals surface area contributed by atoms with E-state index in [1.807, 2.05) is 0 Å². The van der Waals surface area contributed by atoms with Crippen molar-refractivity contribution < 1.29 is 23.9 Å². The molecule has 0 aliphatic carbocycles. The van der Waals surface area contributed by atoms with Crippen LogP contribution in [0, 0.1) is 5.92 Å². The maximum atomic E-state index is 13.4. The Labute approximate surface area is 192 Å². The molecule has 1 heterocycles. The van der Waals surface area contributed by atoms with Crippen molar-refractivity contribution in [2.45, 2.75) is 13.0 Å². The standard InChI is InChI=1S/C26H20BNO5/c1-2-33-26(32)18-10-14-20(15-11-18)28-22(16-8-12-19(27)13-9-16)21(24(30)25(28)31)23(29)17-6-4-3-5-7-17/h3-15,21-22H,2H2,1H3. The quantitative estimate of drug-likeness (QED) is 0.195. The van der Waals surface area contributed by atoms with Crippen molar-refractivity contribution in [3.8, 4) is 0 Å². The van der Waals surface area contributed by atoms with Gasteiger partial charge in [0.15, 0.2) is 5.78 Å². The fraction of sp³-hybridized carbons (Fsp3) is 0.154. The predicted octanol–water partition coefficient (Wildman–Crippen LogP) is 2.81. The minimum absolute atomic E-state index is 0.238. The van der Waals surface area contributed by atoms with Crippen molar-refractivity contribution in [3.05, 3.63) is 95.6 Å². The van der Waals surface area contributed by atoms with Gasteiger partial charge in [-0.25, -0.2) is 4.79 Å². The monoisotopic (exact) mass is 437 g/mol. The number of Topliss-reactive ketones (excluding diaryl/α,β-unsaturated/α-hetero) is 2. The second kappa shape index (κ2) is 9.24. The molecule has 7 heteroatoms. The van der Waals surface area contributed by atoms with E-state index in [1.54, 1.807) is 73.7 Å². The zero-order valence-electron chi connectivity index (χ0n) is 17.9. The van der Waals surface area contributed by atoms with Crippen LogP contribution < -0.4 is 10.4 Å². The molecule has 2 unspecified atom stereocenters. The molecule has 0 spiro atoms. The number of carbonyl (C=O) groups is 4. The van der Waals surface area contributed by atoms with E-state index in [0.717, 1.165) is 0 Å². The summed E-state index contributed by atoms with van der Waals surface area (Å²) in [7, 11) is 5.82. The van der Waals surface area contributed by atoms with E-state index in [4.69, 9.17) is 12.6 Å². The Morgan fingerprint density at radius 2 is 1.52 bits per heavy atom. The summed E-state index contributed by atoms with van der Waals surface area (Å²) in [4.78, 5) is 52.9. The lowest BCUT2D eigenvalue weighted by Gasteiger charge is -2.27. The van der Waals surface area contributed by atoms with E-state index in [0.29, 0.717) is 27.8 Å². The Morgan fingerprint density at radius 3 is 2.12 bits per heavy atom. The maximum Gasteiger partial charge on any atom is 0.338 e. The molecule has 2 atom stereocenters. The first-order chi connectivity index (χ1) is 15.9. The Hall–Kier alpha value is -4.00. The summed E-state index contributed by atoms with van der Waals surface area (Å²) in [6, 6.07) is 20.5. The fourth-order valence-electron chi connectivity index (χ4n) is 4.00. The van der Waals surface area contributed by atoms with E-state index in [9.17, 15) is 19.2 Å². The highest BCUT2D eigenvalue weighted by Crippen LogP contribution is 2.41. The molecule has 33 heavy (non-hydrogen) atoms. The number of ether oxygens (including phenoxy) is 1. The summed E-state index contributed by atoms with van der Waals surface area (Å²) >= 11 is 0. The van der Waals surface area contributed by atoms with Gasteiger partial charge in [-0.3, -0.25) is 19.3 Å². The van der Waals surface area contributed by atoms with Crippen molar-refractivity contribution in [2.75, 3.05) is 11.5 Å². The third-order valence-electron chi connectivity index (χ3n) is 5.58. The van der Waals surface area contributed by atoms with E-state index in [2.05, 4.69) is 0 Å². The van der Waals surface area contributed by atoms with Crippen LogP contribution in [-0.4, -0.2) is 37.9 Å². The third-order valence-corrected chi connectivity index (χ3v) is 5.58. The Kier molecular flexibility index (Phi) is 6.22. The van der Waals surface area contributed by atoms with Gasteiger partial charge >= 0.3 is 5.97 Å². The number of amides is 1. The van der Waals surface area contributed by atoms with Crippen molar-refractivity contribution in [3.63, 3.8) is 0 Å². The summed E-state index contributed by atoms with van der Waals surface area (Å²) in [5.41, 5.74) is 2.19. The number of benzene rings is 3. The lowest BCUT2D eigenvalue weighted by molar-refractivity contribution is -0.135. The lowest BCUT2D eigenvalue weighted by Crippen LogP contribution is -2.31. The summed E-state index contributed by atoms with van der Waals surface area (Å²) < 4.78 is 5.00. The van der Waals surface area contributed by atoms with Crippen LogP contribution in [0.4, 0.5) is 5.69 Å². The molecule has 3 aromatic carbocycles. The molecule has 3 aromatic rings. The van der Waals surface area contributed by atoms with Gasteiger partial charge in [0.2, 0.25) is 5.78 Å². The smallest absolute Gasteiger partial charge is 0.338 e. The summed E-state index contributed by atoms with van der Waals surface area (Å²) in [5, 5.41) is 0. The summed E-state index contributed by atoms with van der Waals surface area (Å²) in [6.07, 6.45) is 0. The number of ketones is 2. The first kappa shape index (κ1) is 22.2. The lowest BCUT2D eigenvalue weighted by atomic mass is 9.85. The van der Waals surface area contributed by atoms with Crippen LogP contribution in [0.3, 0.4) is 0 Å². The normalized spacial score (nSPS) is 17.8. The summed E-state index contributed by atoms with van der Waals surface area (Å²) in [6.45, 7) is 1.95. The predicted molar refractivity (Wildman–Crippen MR) is 124 cm³/mol. The number of hydrogen-bond acceptors (Lipinski definition) is 5. The molecular weight excluding hydrogens is 417 g/mol. The van der Waals surface area contributed by atoms with Gasteiger partial charge in [0.25, 0.3) is 5.91 Å². The van der Waals surface area contributed by atoms with Crippen LogP contribution in [0.1, 0.15) is 39.2 Å². The molecule has 0 bridgehead atoms. The Balaban J connectivity index is 1.79. The van der Waals surface area contributed by atoms with Crippen LogP contribution in [-0.2, 0) is 14.3 Å². The van der Waals surface area contributed by atoms with Gasteiger partial charge in [0.05, 0.1) is 18.2 Å². The van der Waals surface area contributed by atoms with Gasteiger partial charge in [-0.15, -0.1) is 0 Å². The minimum Gasteiger partial charge on any atom is -0.462 e. The number of hydrogen-bond donors (Lipinski definition) is 0. The van der Waals surface area contributed by atoms with E-state index in [-0.39, 0.29) is 6.61 Å². The molecule has 6 nitrogen and oxygen atoms in total. The van der Waals surface area contributed by atoms with Gasteiger partial charge in [0.1, 0.15) is 13.8 Å². The molecule has 1 fully saturated rings. The Bertz CT molecular complexity index is 1210. The van der Waals surface area contributed by atoms with Crippen molar-refractivity contribution in [1.29, 1.82) is 0 Å². The number of esters is 1. The largest absolute Gasteiger partial charge is 0.462 e. The van der Waals surface area contributed by atoms with E-state index in [1.165, 1.54) is 17.0 Å². The molecule has 162 valence electrons. The van der Waals surface area contributed by atoms with Crippen LogP contribution in [0.2, 0.25) is 0 Å². The summed E-state index contributed by atoms with van der Waals surface area (Å²) in [5.74, 6) is -3.69. The molecule has 0 saturated carbocycles. The SMILES string of the molecule is [B]c1ccc(C2C(C(=O)c3ccccc3)C(=O)C(=O)N2c2ccc(C(=O)OCC)cc2)cc1. The van der Waals surface area contributed by atoms with Crippen molar-refractivity contribution in [2.24, 2.45) is 5.92 Å². The molecule has 4 rings (SSSR count). The molecule has 2 radical (unpaired) electrons. The van der Waals surface area contributed by atoms with Gasteiger partial charge in [-0.05, 0) is 36.8 Å². The zero-order valence-corrected chi connectivity index (χ0v) is 17.9. The average Bonchev–Trinajstić information content (AvgIpc) is 3.10. The molecule has 0 N–H and O–H groups in total. The second-order valence-corrected chi connectivity index (χ2v) is 7.63. The first-order valence-electron chi connectivity index (χ1n) is 10.5. The van der Waals surface area contributed by atoms with E-state index >= 15 is 0 Å². The second-order valence-electron chi connectivity index (χ2n) is 7.63. The minimum atomic E-state index is -1.21. The van der Waals surface area contributed by atoms with Crippen LogP contribution >= 0.6 is 0 Å². The molecule has 0 aromatic heterocycles. The molecule has 1 aliphatic rings. The maximum absolute atomic E-state index is 13.4. The van der Waals surface area contributed by atoms with Crippen LogP contribution in [0.25, 0.3) is 0 Å². The van der Waals surface area contributed by atoms with Crippen LogP contribution in [0.15, 0.2) is 78.9 Å². The zero-order chi connectivity index (χ0) is 23.5. The van der Waals surface area contributed by atoms with Gasteiger partial charge in [-0.2, -0.15) is 0 Å². The molecule has 1 amide bonds. The van der Waals surface area contributed by atoms with Gasteiger partial charge in [-0.1, -0.05) is 60.1 Å². The fourth-order valence-corrected chi connectivity index (χ4v) is 4.00. The van der Waals surface area contributed by atoms with E-state index < -0.39 is 35.4 Å². The number of nitrogens with zero attached hydrogens (tertiary/aromatic N) is 1. The van der Waals surface area contributed by atoms with Gasteiger partial charge in [0, 0.05) is 11.3 Å². The molecular formula is C26H20BNO5. The molecule has 1 saturated heterocycles. The highest BCUT2D eigenvalue weighted by Gasteiger charge is 2.52.